The van der Waals surface area contributed by atoms with Crippen LogP contribution in [-0.4, -0.2) is 41.4 Å². The van der Waals surface area contributed by atoms with Crippen LogP contribution in [0.4, 0.5) is 0 Å². The molecular formula is C12H16N2O2. The molecule has 0 saturated heterocycles. The number of nitriles is 1. The second-order valence-electron chi connectivity index (χ2n) is 3.49. The summed E-state index contributed by atoms with van der Waals surface area (Å²) in [5, 5.41) is 26.7. The van der Waals surface area contributed by atoms with Crippen LogP contribution in [0.3, 0.4) is 0 Å². The lowest BCUT2D eigenvalue weighted by atomic mass is 10.1. The SMILES string of the molecule is N#Cc1ccccc1CN(CCO)CCO. The van der Waals surface area contributed by atoms with Gasteiger partial charge in [-0.2, -0.15) is 5.26 Å². The van der Waals surface area contributed by atoms with E-state index in [1.54, 1.807) is 6.07 Å². The molecule has 4 heteroatoms. The molecule has 0 aliphatic heterocycles. The predicted molar refractivity (Wildman–Crippen MR) is 60.6 cm³/mol. The highest BCUT2D eigenvalue weighted by molar-refractivity contribution is 5.37. The lowest BCUT2D eigenvalue weighted by Crippen LogP contribution is -2.29. The van der Waals surface area contributed by atoms with Crippen LogP contribution in [0.15, 0.2) is 24.3 Å². The van der Waals surface area contributed by atoms with Gasteiger partial charge in [-0.25, -0.2) is 0 Å². The summed E-state index contributed by atoms with van der Waals surface area (Å²) in [5.41, 5.74) is 1.57. The third-order valence-electron chi connectivity index (χ3n) is 2.36. The summed E-state index contributed by atoms with van der Waals surface area (Å²) in [6.07, 6.45) is 0. The van der Waals surface area contributed by atoms with Crippen molar-refractivity contribution in [3.05, 3.63) is 35.4 Å². The van der Waals surface area contributed by atoms with Gasteiger partial charge in [0.05, 0.1) is 24.8 Å². The van der Waals surface area contributed by atoms with Gasteiger partial charge >= 0.3 is 0 Å². The van der Waals surface area contributed by atoms with E-state index in [1.807, 2.05) is 23.1 Å². The van der Waals surface area contributed by atoms with E-state index >= 15 is 0 Å². The second-order valence-corrected chi connectivity index (χ2v) is 3.49. The van der Waals surface area contributed by atoms with Crippen molar-refractivity contribution in [3.63, 3.8) is 0 Å². The fourth-order valence-corrected chi connectivity index (χ4v) is 1.56. The van der Waals surface area contributed by atoms with E-state index in [-0.39, 0.29) is 13.2 Å². The van der Waals surface area contributed by atoms with Crippen molar-refractivity contribution in [2.45, 2.75) is 6.54 Å². The largest absolute Gasteiger partial charge is 0.395 e. The quantitative estimate of drug-likeness (QED) is 0.725. The molecular weight excluding hydrogens is 204 g/mol. The second kappa shape index (κ2) is 6.96. The summed E-state index contributed by atoms with van der Waals surface area (Å²) in [7, 11) is 0. The van der Waals surface area contributed by atoms with Gasteiger partial charge in [-0.1, -0.05) is 18.2 Å². The first-order chi connectivity index (χ1) is 7.81. The summed E-state index contributed by atoms with van der Waals surface area (Å²) in [5.74, 6) is 0. The molecule has 0 aromatic heterocycles. The molecule has 0 saturated carbocycles. The average Bonchev–Trinajstić information content (AvgIpc) is 2.30. The number of hydrogen-bond acceptors (Lipinski definition) is 4. The van der Waals surface area contributed by atoms with E-state index in [2.05, 4.69) is 6.07 Å². The molecule has 0 aliphatic rings. The van der Waals surface area contributed by atoms with Gasteiger partial charge in [0, 0.05) is 19.6 Å². The zero-order chi connectivity index (χ0) is 11.8. The minimum Gasteiger partial charge on any atom is -0.395 e. The Morgan fingerprint density at radius 2 is 1.75 bits per heavy atom. The van der Waals surface area contributed by atoms with Crippen LogP contribution in [0.25, 0.3) is 0 Å². The Morgan fingerprint density at radius 3 is 2.31 bits per heavy atom. The standard InChI is InChI=1S/C12H16N2O2/c13-9-11-3-1-2-4-12(11)10-14(5-7-15)6-8-16/h1-4,15-16H,5-8,10H2. The normalized spacial score (nSPS) is 10.4. The highest BCUT2D eigenvalue weighted by Gasteiger charge is 2.07. The van der Waals surface area contributed by atoms with Gasteiger partial charge in [-0.15, -0.1) is 0 Å². The Morgan fingerprint density at radius 1 is 1.12 bits per heavy atom. The van der Waals surface area contributed by atoms with Crippen molar-refractivity contribution in [1.82, 2.24) is 4.90 Å². The first kappa shape index (κ1) is 12.7. The molecule has 0 heterocycles. The molecule has 1 aromatic carbocycles. The molecule has 0 atom stereocenters. The fraction of sp³-hybridized carbons (Fsp3) is 0.417. The Bertz CT molecular complexity index is 354. The predicted octanol–water partition coefficient (Wildman–Crippen LogP) is 0.345. The van der Waals surface area contributed by atoms with Gasteiger partial charge in [0.15, 0.2) is 0 Å². The van der Waals surface area contributed by atoms with E-state index in [4.69, 9.17) is 15.5 Å². The molecule has 4 nitrogen and oxygen atoms in total. The Labute approximate surface area is 95.4 Å². The lowest BCUT2D eigenvalue weighted by Gasteiger charge is -2.20. The van der Waals surface area contributed by atoms with Crippen molar-refractivity contribution < 1.29 is 10.2 Å². The van der Waals surface area contributed by atoms with E-state index < -0.39 is 0 Å². The van der Waals surface area contributed by atoms with Crippen molar-refractivity contribution in [2.75, 3.05) is 26.3 Å². The lowest BCUT2D eigenvalue weighted by molar-refractivity contribution is 0.156. The third kappa shape index (κ3) is 3.63. The van der Waals surface area contributed by atoms with Crippen LogP contribution in [0.5, 0.6) is 0 Å². The first-order valence-corrected chi connectivity index (χ1v) is 5.24. The maximum atomic E-state index is 8.92. The monoisotopic (exact) mass is 220 g/mol. The summed E-state index contributed by atoms with van der Waals surface area (Å²) >= 11 is 0. The fourth-order valence-electron chi connectivity index (χ4n) is 1.56. The maximum Gasteiger partial charge on any atom is 0.0995 e. The molecule has 0 radical (unpaired) electrons. The number of aliphatic hydroxyl groups is 2. The third-order valence-corrected chi connectivity index (χ3v) is 2.36. The number of rotatable bonds is 6. The molecule has 2 N–H and O–H groups in total. The van der Waals surface area contributed by atoms with Crippen LogP contribution in [0.2, 0.25) is 0 Å². The molecule has 0 aliphatic carbocycles. The smallest absolute Gasteiger partial charge is 0.0995 e. The van der Waals surface area contributed by atoms with Crippen molar-refractivity contribution in [2.24, 2.45) is 0 Å². The molecule has 0 bridgehead atoms. The number of benzene rings is 1. The summed E-state index contributed by atoms with van der Waals surface area (Å²) in [4.78, 5) is 1.91. The topological polar surface area (TPSA) is 67.5 Å². The van der Waals surface area contributed by atoms with Gasteiger partial charge < -0.3 is 10.2 Å². The van der Waals surface area contributed by atoms with Gasteiger partial charge in [0.25, 0.3) is 0 Å². The zero-order valence-corrected chi connectivity index (χ0v) is 9.13. The Kier molecular flexibility index (Phi) is 5.51. The van der Waals surface area contributed by atoms with E-state index in [9.17, 15) is 0 Å². The summed E-state index contributed by atoms with van der Waals surface area (Å²) in [6.45, 7) is 1.68. The maximum absolute atomic E-state index is 8.92. The molecule has 0 unspecified atom stereocenters. The van der Waals surface area contributed by atoms with Gasteiger partial charge in [0.2, 0.25) is 0 Å². The first-order valence-electron chi connectivity index (χ1n) is 5.24. The minimum absolute atomic E-state index is 0.0503. The van der Waals surface area contributed by atoms with Crippen molar-refractivity contribution in [3.8, 4) is 6.07 Å². The molecule has 1 rings (SSSR count). The zero-order valence-electron chi connectivity index (χ0n) is 9.13. The highest BCUT2D eigenvalue weighted by atomic mass is 16.3. The van der Waals surface area contributed by atoms with Crippen LogP contribution < -0.4 is 0 Å². The average molecular weight is 220 g/mol. The van der Waals surface area contributed by atoms with Crippen LogP contribution in [-0.2, 0) is 6.54 Å². The number of hydrogen-bond donors (Lipinski definition) is 2. The van der Waals surface area contributed by atoms with Crippen LogP contribution in [0.1, 0.15) is 11.1 Å². The Hall–Kier alpha value is -1.41. The number of aliphatic hydroxyl groups excluding tert-OH is 2. The van der Waals surface area contributed by atoms with Gasteiger partial charge in [-0.05, 0) is 11.6 Å². The summed E-state index contributed by atoms with van der Waals surface area (Å²) < 4.78 is 0. The molecule has 1 aromatic rings. The van der Waals surface area contributed by atoms with Crippen LogP contribution >= 0.6 is 0 Å². The molecule has 0 amide bonds. The Balaban J connectivity index is 2.72. The van der Waals surface area contributed by atoms with Crippen molar-refractivity contribution in [1.29, 1.82) is 5.26 Å². The molecule has 0 fully saturated rings. The molecule has 86 valence electrons. The van der Waals surface area contributed by atoms with E-state index in [0.29, 0.717) is 25.2 Å². The van der Waals surface area contributed by atoms with Gasteiger partial charge in [0.1, 0.15) is 0 Å². The molecule has 16 heavy (non-hydrogen) atoms. The van der Waals surface area contributed by atoms with Crippen LogP contribution in [0, 0.1) is 11.3 Å². The van der Waals surface area contributed by atoms with E-state index in [0.717, 1.165) is 5.56 Å². The summed E-state index contributed by atoms with van der Waals surface area (Å²) in [6, 6.07) is 9.50. The molecule has 0 spiro atoms. The highest BCUT2D eigenvalue weighted by Crippen LogP contribution is 2.10. The van der Waals surface area contributed by atoms with E-state index in [1.165, 1.54) is 0 Å². The number of nitrogens with zero attached hydrogens (tertiary/aromatic N) is 2. The minimum atomic E-state index is 0.0503. The van der Waals surface area contributed by atoms with Gasteiger partial charge in [-0.3, -0.25) is 4.90 Å². The van der Waals surface area contributed by atoms with Crippen molar-refractivity contribution >= 4 is 0 Å².